The van der Waals surface area contributed by atoms with Crippen molar-refractivity contribution in [3.8, 4) is 10.4 Å². The van der Waals surface area contributed by atoms with Gasteiger partial charge in [-0.25, -0.2) is 8.78 Å². The van der Waals surface area contributed by atoms with E-state index < -0.39 is 11.6 Å². The summed E-state index contributed by atoms with van der Waals surface area (Å²) < 4.78 is 35.9. The lowest BCUT2D eigenvalue weighted by Crippen LogP contribution is -2.50. The topological polar surface area (TPSA) is 43.6 Å². The molecule has 0 N–H and O–H groups in total. The fourth-order valence-electron chi connectivity index (χ4n) is 7.16. The molecule has 5 fully saturated rings. The quantitative estimate of drug-likeness (QED) is 0.572. The second-order valence-corrected chi connectivity index (χ2v) is 11.8. The average molecular weight is 473 g/mol. The van der Waals surface area contributed by atoms with Gasteiger partial charge >= 0.3 is 0 Å². The summed E-state index contributed by atoms with van der Waals surface area (Å²) in [5.41, 5.74) is 0.0301. The minimum atomic E-state index is -0.601. The van der Waals surface area contributed by atoms with Crippen LogP contribution in [0.4, 0.5) is 8.78 Å². The predicted molar refractivity (Wildman–Crippen MR) is 122 cm³/mol. The Balaban J connectivity index is 1.37. The normalized spacial score (nSPS) is 33.6. The van der Waals surface area contributed by atoms with Gasteiger partial charge in [0, 0.05) is 24.4 Å². The van der Waals surface area contributed by atoms with Crippen molar-refractivity contribution in [3.63, 3.8) is 0 Å². The van der Waals surface area contributed by atoms with Crippen molar-refractivity contribution >= 4 is 17.2 Å². The van der Waals surface area contributed by atoms with E-state index in [1.165, 1.54) is 42.7 Å². The molecule has 4 nitrogen and oxygen atoms in total. The first-order chi connectivity index (χ1) is 16.0. The summed E-state index contributed by atoms with van der Waals surface area (Å²) >= 11 is 1.31. The van der Waals surface area contributed by atoms with Gasteiger partial charge < -0.3 is 9.30 Å². The van der Waals surface area contributed by atoms with Gasteiger partial charge in [0.15, 0.2) is 4.80 Å². The van der Waals surface area contributed by atoms with Crippen molar-refractivity contribution in [1.82, 2.24) is 4.57 Å². The van der Waals surface area contributed by atoms with Gasteiger partial charge in [-0.15, -0.1) is 0 Å². The number of benzene rings is 1. The highest BCUT2D eigenvalue weighted by Gasteiger charge is 2.54. The zero-order valence-electron chi connectivity index (χ0n) is 18.8. The second-order valence-electron chi connectivity index (χ2n) is 10.8. The SMILES string of the molecule is O=C(N=c1sc(-c2ccc(F)cc2F)cn1CC1CCCCO1)C12CC3CC(CC(C3)C1)C2. The summed E-state index contributed by atoms with van der Waals surface area (Å²) in [5, 5.41) is 0. The highest BCUT2D eigenvalue weighted by atomic mass is 32.1. The van der Waals surface area contributed by atoms with Crippen LogP contribution in [-0.4, -0.2) is 23.2 Å². The molecule has 5 aliphatic rings. The van der Waals surface area contributed by atoms with Crippen molar-refractivity contribution in [2.45, 2.75) is 70.4 Å². The van der Waals surface area contributed by atoms with Crippen LogP contribution in [-0.2, 0) is 16.1 Å². The molecular weight excluding hydrogens is 442 g/mol. The lowest BCUT2D eigenvalue weighted by molar-refractivity contribution is -0.142. The number of carbonyl (C=O) groups is 1. The van der Waals surface area contributed by atoms with E-state index in [9.17, 15) is 13.6 Å². The lowest BCUT2D eigenvalue weighted by Gasteiger charge is -2.55. The Morgan fingerprint density at radius 3 is 2.48 bits per heavy atom. The minimum absolute atomic E-state index is 0.00731. The molecule has 1 amide bonds. The fourth-order valence-corrected chi connectivity index (χ4v) is 8.19. The molecule has 33 heavy (non-hydrogen) atoms. The molecule has 1 aliphatic heterocycles. The summed E-state index contributed by atoms with van der Waals surface area (Å²) in [6.45, 7) is 1.33. The molecule has 176 valence electrons. The maximum atomic E-state index is 14.5. The smallest absolute Gasteiger partial charge is 0.254 e. The molecule has 1 aromatic heterocycles. The molecule has 1 unspecified atom stereocenters. The average Bonchev–Trinajstić information content (AvgIpc) is 3.15. The molecule has 4 bridgehead atoms. The third kappa shape index (κ3) is 4.12. The molecule has 7 rings (SSSR count). The van der Waals surface area contributed by atoms with Crippen LogP contribution >= 0.6 is 11.3 Å². The number of amides is 1. The number of aromatic nitrogens is 1. The molecule has 0 radical (unpaired) electrons. The van der Waals surface area contributed by atoms with Crippen molar-refractivity contribution in [1.29, 1.82) is 0 Å². The number of hydrogen-bond acceptors (Lipinski definition) is 3. The van der Waals surface area contributed by atoms with E-state index in [0.29, 0.717) is 39.5 Å². The van der Waals surface area contributed by atoms with Crippen molar-refractivity contribution < 1.29 is 18.3 Å². The Bertz CT molecular complexity index is 1100. The monoisotopic (exact) mass is 472 g/mol. The van der Waals surface area contributed by atoms with E-state index in [0.717, 1.165) is 51.2 Å². The molecule has 4 saturated carbocycles. The first-order valence-electron chi connectivity index (χ1n) is 12.3. The summed E-state index contributed by atoms with van der Waals surface area (Å²) in [4.78, 5) is 19.6. The van der Waals surface area contributed by atoms with Crippen molar-refractivity contribution in [2.24, 2.45) is 28.2 Å². The van der Waals surface area contributed by atoms with Gasteiger partial charge in [-0.1, -0.05) is 11.3 Å². The van der Waals surface area contributed by atoms with Crippen LogP contribution in [0.2, 0.25) is 0 Å². The standard InChI is InChI=1S/C26H30F2N2O2S/c27-19-4-5-21(22(28)10-19)23-15-30(14-20-3-1-2-6-32-20)25(33-23)29-24(31)26-11-16-7-17(12-26)9-18(8-16)13-26/h4-5,10,15-18,20H,1-3,6-9,11-14H2. The predicted octanol–water partition coefficient (Wildman–Crippen LogP) is 5.71. The van der Waals surface area contributed by atoms with Crippen LogP contribution in [0.1, 0.15) is 57.8 Å². The number of ether oxygens (including phenoxy) is 1. The Morgan fingerprint density at radius 1 is 1.12 bits per heavy atom. The number of carbonyl (C=O) groups excluding carboxylic acids is 1. The van der Waals surface area contributed by atoms with Crippen LogP contribution in [0.5, 0.6) is 0 Å². The molecule has 1 saturated heterocycles. The first-order valence-corrected chi connectivity index (χ1v) is 13.2. The summed E-state index contributed by atoms with van der Waals surface area (Å²) in [6, 6.07) is 3.63. The number of thiazole rings is 1. The Labute approximate surface area is 196 Å². The van der Waals surface area contributed by atoms with Crippen LogP contribution in [0.15, 0.2) is 29.4 Å². The second kappa shape index (κ2) is 8.42. The highest BCUT2D eigenvalue weighted by Crippen LogP contribution is 2.60. The maximum Gasteiger partial charge on any atom is 0.254 e. The van der Waals surface area contributed by atoms with Gasteiger partial charge in [-0.2, -0.15) is 4.99 Å². The van der Waals surface area contributed by atoms with E-state index in [-0.39, 0.29) is 17.4 Å². The number of nitrogens with zero attached hydrogens (tertiary/aromatic N) is 2. The molecule has 1 aromatic carbocycles. The largest absolute Gasteiger partial charge is 0.376 e. The van der Waals surface area contributed by atoms with Gasteiger partial charge in [0.2, 0.25) is 0 Å². The van der Waals surface area contributed by atoms with Gasteiger partial charge in [-0.3, -0.25) is 4.79 Å². The van der Waals surface area contributed by atoms with E-state index >= 15 is 0 Å². The third-order valence-corrected chi connectivity index (χ3v) is 9.33. The molecule has 7 heteroatoms. The van der Waals surface area contributed by atoms with Crippen LogP contribution in [0, 0.1) is 34.8 Å². The van der Waals surface area contributed by atoms with Crippen molar-refractivity contribution in [2.75, 3.05) is 6.61 Å². The summed E-state index contributed by atoms with van der Waals surface area (Å²) in [7, 11) is 0. The molecule has 2 heterocycles. The number of rotatable bonds is 4. The van der Waals surface area contributed by atoms with Gasteiger partial charge in [0.25, 0.3) is 5.91 Å². The maximum absolute atomic E-state index is 14.5. The van der Waals surface area contributed by atoms with E-state index in [4.69, 9.17) is 9.73 Å². The van der Waals surface area contributed by atoms with Crippen molar-refractivity contribution in [3.05, 3.63) is 40.8 Å². The molecule has 4 aliphatic carbocycles. The summed E-state index contributed by atoms with van der Waals surface area (Å²) in [6.07, 6.45) is 11.8. The van der Waals surface area contributed by atoms with Crippen LogP contribution < -0.4 is 4.80 Å². The highest BCUT2D eigenvalue weighted by molar-refractivity contribution is 7.12. The molecule has 1 atom stereocenters. The molecular formula is C26H30F2N2O2S. The first kappa shape index (κ1) is 21.7. The molecule has 2 aromatic rings. The Kier molecular flexibility index (Phi) is 5.52. The van der Waals surface area contributed by atoms with Gasteiger partial charge in [0.1, 0.15) is 11.6 Å². The number of hydrogen-bond donors (Lipinski definition) is 0. The van der Waals surface area contributed by atoms with E-state index in [1.54, 1.807) is 0 Å². The number of halogens is 2. The lowest BCUT2D eigenvalue weighted by atomic mass is 9.49. The third-order valence-electron chi connectivity index (χ3n) is 8.28. The van der Waals surface area contributed by atoms with Gasteiger partial charge in [-0.05, 0) is 87.7 Å². The van der Waals surface area contributed by atoms with Crippen LogP contribution in [0.3, 0.4) is 0 Å². The Hall–Kier alpha value is -1.86. The van der Waals surface area contributed by atoms with E-state index in [2.05, 4.69) is 0 Å². The zero-order valence-corrected chi connectivity index (χ0v) is 19.6. The Morgan fingerprint density at radius 2 is 1.85 bits per heavy atom. The fraction of sp³-hybridized carbons (Fsp3) is 0.615. The zero-order chi connectivity index (χ0) is 22.6. The van der Waals surface area contributed by atoms with Crippen LogP contribution in [0.25, 0.3) is 10.4 Å². The minimum Gasteiger partial charge on any atom is -0.376 e. The van der Waals surface area contributed by atoms with Gasteiger partial charge in [0.05, 0.1) is 22.9 Å². The summed E-state index contributed by atoms with van der Waals surface area (Å²) in [5.74, 6) is 0.823. The molecule has 0 spiro atoms. The van der Waals surface area contributed by atoms with E-state index in [1.807, 2.05) is 10.8 Å².